The number of hydrogen-bond donors (Lipinski definition) is 2. The lowest BCUT2D eigenvalue weighted by Crippen LogP contribution is -2.30. The maximum Gasteiger partial charge on any atom is 0.307 e. The molecule has 1 aliphatic rings. The van der Waals surface area contributed by atoms with Crippen molar-refractivity contribution in [3.05, 3.63) is 81.0 Å². The number of carboxylic acids is 1. The number of rotatable bonds is 9. The summed E-state index contributed by atoms with van der Waals surface area (Å²) in [5.74, 6) is -1.08. The van der Waals surface area contributed by atoms with Crippen molar-refractivity contribution in [1.29, 1.82) is 0 Å². The average Bonchev–Trinajstić information content (AvgIpc) is 3.25. The van der Waals surface area contributed by atoms with Gasteiger partial charge >= 0.3 is 5.97 Å². The van der Waals surface area contributed by atoms with Crippen LogP contribution in [0, 0.1) is 12.8 Å². The summed E-state index contributed by atoms with van der Waals surface area (Å²) in [6.07, 6.45) is 0.407. The molecule has 36 heavy (non-hydrogen) atoms. The van der Waals surface area contributed by atoms with Crippen LogP contribution in [0.25, 0.3) is 0 Å². The van der Waals surface area contributed by atoms with Crippen molar-refractivity contribution >= 4 is 35.0 Å². The Balaban J connectivity index is 1.66. The first-order valence-corrected chi connectivity index (χ1v) is 13.6. The molecule has 2 heterocycles. The summed E-state index contributed by atoms with van der Waals surface area (Å²) in [5.41, 5.74) is 3.15. The Hall–Kier alpha value is -2.65. The van der Waals surface area contributed by atoms with Crippen molar-refractivity contribution in [3.63, 3.8) is 0 Å². The van der Waals surface area contributed by atoms with Gasteiger partial charge in [-0.05, 0) is 66.8 Å². The SMILES string of the molecule is CC(=O)c1ccc(C(c2ccc(C)c(CN3CC(CCO)Oc4ccccc4S3)c2)C(C)C(=O)O)s1. The molecule has 1 aliphatic heterocycles. The molecule has 0 fully saturated rings. The van der Waals surface area contributed by atoms with Gasteiger partial charge in [0.05, 0.1) is 15.7 Å². The zero-order chi connectivity index (χ0) is 25.8. The van der Waals surface area contributed by atoms with Crippen molar-refractivity contribution < 1.29 is 24.5 Å². The third-order valence-electron chi connectivity index (χ3n) is 6.48. The Kier molecular flexibility index (Phi) is 8.51. The van der Waals surface area contributed by atoms with Gasteiger partial charge in [-0.25, -0.2) is 4.31 Å². The molecule has 190 valence electrons. The van der Waals surface area contributed by atoms with Gasteiger partial charge in [0, 0.05) is 36.9 Å². The number of carboxylic acid groups (broad SMARTS) is 1. The molecule has 6 nitrogen and oxygen atoms in total. The fraction of sp³-hybridized carbons (Fsp3) is 0.357. The molecular weight excluding hydrogens is 494 g/mol. The third kappa shape index (κ3) is 6.00. The first kappa shape index (κ1) is 26.4. The number of benzene rings is 2. The van der Waals surface area contributed by atoms with Gasteiger partial charge in [-0.2, -0.15) is 0 Å². The Morgan fingerprint density at radius 3 is 2.64 bits per heavy atom. The van der Waals surface area contributed by atoms with E-state index in [9.17, 15) is 19.8 Å². The van der Waals surface area contributed by atoms with Gasteiger partial charge < -0.3 is 14.9 Å². The number of aliphatic hydroxyl groups excluding tert-OH is 1. The molecule has 0 bridgehead atoms. The Labute approximate surface area is 220 Å². The number of aliphatic carboxylic acids is 1. The van der Waals surface area contributed by atoms with Crippen LogP contribution in [0.5, 0.6) is 5.75 Å². The molecule has 2 N–H and O–H groups in total. The number of thiophene rings is 1. The summed E-state index contributed by atoms with van der Waals surface area (Å²) in [6, 6.07) is 17.7. The van der Waals surface area contributed by atoms with E-state index in [1.54, 1.807) is 24.9 Å². The Morgan fingerprint density at radius 1 is 1.17 bits per heavy atom. The fourth-order valence-electron chi connectivity index (χ4n) is 4.43. The van der Waals surface area contributed by atoms with E-state index in [1.165, 1.54) is 18.3 Å². The highest BCUT2D eigenvalue weighted by Crippen LogP contribution is 2.39. The molecule has 1 aromatic heterocycles. The number of Topliss-reactive ketones (excluding diaryl/α,β-unsaturated/α-hetero) is 1. The minimum absolute atomic E-state index is 0.0179. The molecule has 0 aliphatic carbocycles. The largest absolute Gasteiger partial charge is 0.488 e. The van der Waals surface area contributed by atoms with Gasteiger partial charge in [0.1, 0.15) is 11.9 Å². The van der Waals surface area contributed by atoms with Gasteiger partial charge in [-0.15, -0.1) is 11.3 Å². The quantitative estimate of drug-likeness (QED) is 0.271. The lowest BCUT2D eigenvalue weighted by atomic mass is 9.84. The Bertz CT molecular complexity index is 1240. The van der Waals surface area contributed by atoms with Crippen LogP contribution in [0.15, 0.2) is 59.5 Å². The van der Waals surface area contributed by atoms with Gasteiger partial charge in [-0.1, -0.05) is 37.3 Å². The number of ether oxygens (including phenoxy) is 1. The van der Waals surface area contributed by atoms with Crippen LogP contribution in [0.2, 0.25) is 0 Å². The molecule has 0 amide bonds. The van der Waals surface area contributed by atoms with Crippen molar-refractivity contribution in [2.75, 3.05) is 13.2 Å². The highest BCUT2D eigenvalue weighted by Gasteiger charge is 2.30. The summed E-state index contributed by atoms with van der Waals surface area (Å²) in [6.45, 7) is 6.65. The van der Waals surface area contributed by atoms with E-state index in [1.807, 2.05) is 42.5 Å². The second-order valence-corrected chi connectivity index (χ2v) is 11.4. The second-order valence-electron chi connectivity index (χ2n) is 9.16. The molecule has 3 atom stereocenters. The minimum atomic E-state index is -0.872. The molecular formula is C28H31NO5S2. The third-order valence-corrected chi connectivity index (χ3v) is 8.82. The Morgan fingerprint density at radius 2 is 1.94 bits per heavy atom. The zero-order valence-electron chi connectivity index (χ0n) is 20.6. The smallest absolute Gasteiger partial charge is 0.307 e. The molecule has 0 saturated carbocycles. The van der Waals surface area contributed by atoms with Gasteiger partial charge in [0.25, 0.3) is 0 Å². The summed E-state index contributed by atoms with van der Waals surface area (Å²) in [7, 11) is 0. The lowest BCUT2D eigenvalue weighted by molar-refractivity contribution is -0.141. The number of aryl methyl sites for hydroxylation is 1. The van der Waals surface area contributed by atoms with Gasteiger partial charge in [0.2, 0.25) is 0 Å². The van der Waals surface area contributed by atoms with Crippen LogP contribution < -0.4 is 4.74 Å². The van der Waals surface area contributed by atoms with Crippen molar-refractivity contribution in [2.24, 2.45) is 5.92 Å². The normalized spacial score (nSPS) is 17.5. The summed E-state index contributed by atoms with van der Waals surface area (Å²) in [4.78, 5) is 26.5. The summed E-state index contributed by atoms with van der Waals surface area (Å²) >= 11 is 3.01. The number of para-hydroxylation sites is 1. The van der Waals surface area contributed by atoms with E-state index in [0.717, 1.165) is 32.2 Å². The summed E-state index contributed by atoms with van der Waals surface area (Å²) in [5, 5.41) is 19.4. The molecule has 0 spiro atoms. The highest BCUT2D eigenvalue weighted by molar-refractivity contribution is 7.97. The molecule has 8 heteroatoms. The number of carbonyl (C=O) groups is 2. The fourth-order valence-corrected chi connectivity index (χ4v) is 6.64. The van der Waals surface area contributed by atoms with E-state index >= 15 is 0 Å². The lowest BCUT2D eigenvalue weighted by Gasteiger charge is -2.25. The number of ketones is 1. The molecule has 0 radical (unpaired) electrons. The number of aliphatic hydroxyl groups is 1. The zero-order valence-corrected chi connectivity index (χ0v) is 22.3. The number of hydrogen-bond acceptors (Lipinski definition) is 7. The number of carbonyl (C=O) groups excluding carboxylic acids is 1. The first-order valence-electron chi connectivity index (χ1n) is 12.0. The van der Waals surface area contributed by atoms with Crippen molar-refractivity contribution in [1.82, 2.24) is 4.31 Å². The van der Waals surface area contributed by atoms with Crippen molar-refractivity contribution in [3.8, 4) is 5.75 Å². The van der Waals surface area contributed by atoms with E-state index in [-0.39, 0.29) is 24.4 Å². The van der Waals surface area contributed by atoms with Crippen LogP contribution in [0.3, 0.4) is 0 Å². The maximum absolute atomic E-state index is 12.0. The van der Waals surface area contributed by atoms with E-state index in [0.29, 0.717) is 24.4 Å². The van der Waals surface area contributed by atoms with Gasteiger partial charge in [0.15, 0.2) is 5.78 Å². The monoisotopic (exact) mass is 525 g/mol. The topological polar surface area (TPSA) is 87.1 Å². The summed E-state index contributed by atoms with van der Waals surface area (Å²) < 4.78 is 8.42. The molecule has 3 aromatic rings. The predicted molar refractivity (Wildman–Crippen MR) is 143 cm³/mol. The standard InChI is InChI=1S/C28H31NO5S2/c1-17-8-9-20(27(18(2)28(32)33)26-11-10-24(35-26)19(3)31)14-21(17)15-29-16-22(12-13-30)34-23-6-4-5-7-25(23)36-29/h4-11,14,18,22,27,30H,12-13,15-16H2,1-3H3,(H,32,33). The molecule has 0 saturated heterocycles. The second kappa shape index (κ2) is 11.6. The maximum atomic E-state index is 12.0. The van der Waals surface area contributed by atoms with Crippen LogP contribution in [-0.4, -0.2) is 45.5 Å². The van der Waals surface area contributed by atoms with Crippen LogP contribution in [-0.2, 0) is 11.3 Å². The molecule has 4 rings (SSSR count). The predicted octanol–water partition coefficient (Wildman–Crippen LogP) is 5.76. The minimum Gasteiger partial charge on any atom is -0.488 e. The van der Waals surface area contributed by atoms with Crippen molar-refractivity contribution in [2.45, 2.75) is 50.7 Å². The van der Waals surface area contributed by atoms with Gasteiger partial charge in [-0.3, -0.25) is 9.59 Å². The van der Waals surface area contributed by atoms with Crippen LogP contribution in [0.4, 0.5) is 0 Å². The highest BCUT2D eigenvalue weighted by atomic mass is 32.2. The van der Waals surface area contributed by atoms with E-state index < -0.39 is 11.9 Å². The average molecular weight is 526 g/mol. The molecule has 3 unspecified atom stereocenters. The number of nitrogens with zero attached hydrogens (tertiary/aromatic N) is 1. The van der Waals surface area contributed by atoms with E-state index in [4.69, 9.17) is 4.74 Å². The first-order chi connectivity index (χ1) is 17.3. The van der Waals surface area contributed by atoms with Crippen LogP contribution >= 0.6 is 23.3 Å². The number of fused-ring (bicyclic) bond motifs is 1. The van der Waals surface area contributed by atoms with Crippen LogP contribution in [0.1, 0.15) is 57.4 Å². The van der Waals surface area contributed by atoms with E-state index in [2.05, 4.69) is 17.3 Å². The molecule has 2 aromatic carbocycles.